The molecule has 2 saturated carbocycles. The van der Waals surface area contributed by atoms with Crippen molar-refractivity contribution in [3.05, 3.63) is 35.6 Å². The number of rotatable bonds is 5. The second-order valence-corrected chi connectivity index (χ2v) is 7.27. The fraction of sp³-hybridized carbons (Fsp3) is 0.556. The van der Waals surface area contributed by atoms with Gasteiger partial charge in [-0.2, -0.15) is 4.98 Å². The third-order valence-corrected chi connectivity index (χ3v) is 5.14. The molecule has 3 aliphatic rings. The highest BCUT2D eigenvalue weighted by atomic mass is 16.5. The molecule has 1 amide bonds. The van der Waals surface area contributed by atoms with Gasteiger partial charge in [0.1, 0.15) is 5.82 Å². The molecule has 2 aromatic rings. The summed E-state index contributed by atoms with van der Waals surface area (Å²) in [6, 6.07) is 4.20. The first-order valence-electron chi connectivity index (χ1n) is 9.15. The molecular weight excluding hydrogens is 318 g/mol. The summed E-state index contributed by atoms with van der Waals surface area (Å²) in [7, 11) is 0. The third kappa shape index (κ3) is 2.99. The van der Waals surface area contributed by atoms with Crippen LogP contribution in [0.5, 0.6) is 0 Å². The van der Waals surface area contributed by atoms with Crippen LogP contribution in [0.3, 0.4) is 0 Å². The molecule has 3 fully saturated rings. The van der Waals surface area contributed by atoms with Crippen LogP contribution in [0.25, 0.3) is 0 Å². The first-order chi connectivity index (χ1) is 12.3. The Kier molecular flexibility index (Phi) is 3.46. The van der Waals surface area contributed by atoms with Crippen molar-refractivity contribution in [1.29, 1.82) is 0 Å². The summed E-state index contributed by atoms with van der Waals surface area (Å²) in [6.07, 6.45) is 8.15. The van der Waals surface area contributed by atoms with Crippen molar-refractivity contribution in [2.24, 2.45) is 0 Å². The molecule has 2 aliphatic carbocycles. The van der Waals surface area contributed by atoms with Gasteiger partial charge in [0, 0.05) is 24.7 Å². The average Bonchev–Trinajstić information content (AvgIpc) is 3.54. The van der Waals surface area contributed by atoms with Gasteiger partial charge >= 0.3 is 0 Å². The lowest BCUT2D eigenvalue weighted by molar-refractivity contribution is 0.0728. The molecule has 0 spiro atoms. The van der Waals surface area contributed by atoms with Crippen molar-refractivity contribution in [3.8, 4) is 0 Å². The molecule has 1 unspecified atom stereocenters. The molecule has 25 heavy (non-hydrogen) atoms. The normalized spacial score (nSPS) is 23.0. The molecule has 1 atom stereocenters. The number of nitrogens with zero attached hydrogens (tertiary/aromatic N) is 4. The van der Waals surface area contributed by atoms with Gasteiger partial charge in [-0.1, -0.05) is 5.16 Å². The van der Waals surface area contributed by atoms with E-state index in [1.807, 2.05) is 17.0 Å². The van der Waals surface area contributed by atoms with Crippen LogP contribution in [-0.2, 0) is 0 Å². The smallest absolute Gasteiger partial charge is 0.256 e. The van der Waals surface area contributed by atoms with E-state index in [0.29, 0.717) is 23.3 Å². The molecule has 0 bridgehead atoms. The highest BCUT2D eigenvalue weighted by molar-refractivity contribution is 5.94. The minimum absolute atomic E-state index is 0.00857. The lowest BCUT2D eigenvalue weighted by Gasteiger charge is -2.22. The van der Waals surface area contributed by atoms with Crippen molar-refractivity contribution in [1.82, 2.24) is 20.0 Å². The Balaban J connectivity index is 1.32. The number of carbonyl (C=O) groups excluding carboxylic acids is 1. The molecule has 7 nitrogen and oxygen atoms in total. The van der Waals surface area contributed by atoms with Crippen molar-refractivity contribution < 1.29 is 9.32 Å². The molecule has 1 aliphatic heterocycles. The molecule has 3 heterocycles. The Morgan fingerprint density at radius 2 is 2.08 bits per heavy atom. The first-order valence-corrected chi connectivity index (χ1v) is 9.15. The quantitative estimate of drug-likeness (QED) is 0.902. The van der Waals surface area contributed by atoms with Crippen LogP contribution in [0, 0.1) is 0 Å². The summed E-state index contributed by atoms with van der Waals surface area (Å²) < 4.78 is 5.37. The maximum Gasteiger partial charge on any atom is 0.256 e. The van der Waals surface area contributed by atoms with Gasteiger partial charge in [0.2, 0.25) is 5.89 Å². The summed E-state index contributed by atoms with van der Waals surface area (Å²) in [6.45, 7) is 0.721. The summed E-state index contributed by atoms with van der Waals surface area (Å²) in [5.41, 5.74) is 0.610. The van der Waals surface area contributed by atoms with Gasteiger partial charge in [0.25, 0.3) is 5.91 Å². The number of hydrogen-bond acceptors (Lipinski definition) is 6. The number of anilines is 1. The lowest BCUT2D eigenvalue weighted by Crippen LogP contribution is -2.31. The van der Waals surface area contributed by atoms with Gasteiger partial charge in [-0.25, -0.2) is 4.98 Å². The zero-order valence-electron chi connectivity index (χ0n) is 14.0. The van der Waals surface area contributed by atoms with Crippen LogP contribution >= 0.6 is 0 Å². The molecule has 7 heteroatoms. The van der Waals surface area contributed by atoms with E-state index in [2.05, 4.69) is 20.4 Å². The zero-order chi connectivity index (χ0) is 16.8. The maximum atomic E-state index is 12.9. The third-order valence-electron chi connectivity index (χ3n) is 5.14. The summed E-state index contributed by atoms with van der Waals surface area (Å²) in [5, 5.41) is 7.47. The van der Waals surface area contributed by atoms with Crippen molar-refractivity contribution >= 4 is 11.7 Å². The topological polar surface area (TPSA) is 84.2 Å². The Morgan fingerprint density at radius 3 is 2.80 bits per heavy atom. The van der Waals surface area contributed by atoms with E-state index in [9.17, 15) is 4.79 Å². The molecule has 5 rings (SSSR count). The predicted octanol–water partition coefficient (Wildman–Crippen LogP) is 2.89. The fourth-order valence-electron chi connectivity index (χ4n) is 3.37. The number of hydrogen-bond donors (Lipinski definition) is 1. The molecule has 130 valence electrons. The fourth-order valence-corrected chi connectivity index (χ4v) is 3.37. The van der Waals surface area contributed by atoms with Crippen LogP contribution in [-0.4, -0.2) is 38.5 Å². The van der Waals surface area contributed by atoms with E-state index in [1.165, 1.54) is 12.8 Å². The van der Waals surface area contributed by atoms with Crippen molar-refractivity contribution in [3.63, 3.8) is 0 Å². The Bertz CT molecular complexity index is 779. The van der Waals surface area contributed by atoms with Crippen molar-refractivity contribution in [2.45, 2.75) is 56.5 Å². The van der Waals surface area contributed by atoms with E-state index in [0.717, 1.165) is 43.9 Å². The summed E-state index contributed by atoms with van der Waals surface area (Å²) in [4.78, 5) is 23.7. The number of nitrogens with one attached hydrogen (secondary N) is 1. The largest absolute Gasteiger partial charge is 0.367 e. The Hall–Kier alpha value is -2.44. The van der Waals surface area contributed by atoms with E-state index in [4.69, 9.17) is 4.52 Å². The van der Waals surface area contributed by atoms with Crippen molar-refractivity contribution in [2.75, 3.05) is 11.9 Å². The van der Waals surface area contributed by atoms with E-state index in [1.54, 1.807) is 6.20 Å². The number of amides is 1. The van der Waals surface area contributed by atoms with Gasteiger partial charge in [0.15, 0.2) is 5.82 Å². The first kappa shape index (κ1) is 14.9. The van der Waals surface area contributed by atoms with Gasteiger partial charge < -0.3 is 14.7 Å². The monoisotopic (exact) mass is 339 g/mol. The predicted molar refractivity (Wildman–Crippen MR) is 90.2 cm³/mol. The highest BCUT2D eigenvalue weighted by Crippen LogP contribution is 2.40. The number of carbonyl (C=O) groups is 1. The van der Waals surface area contributed by atoms with Crippen LogP contribution in [0.1, 0.15) is 72.6 Å². The Labute approximate surface area is 145 Å². The molecule has 1 N–H and O–H groups in total. The maximum absolute atomic E-state index is 12.9. The SMILES string of the molecule is O=C(c1ccc(NC2CC2)nc1)N1CCCC1c1noc(C2CC2)n1. The van der Waals surface area contributed by atoms with Gasteiger partial charge in [-0.3, -0.25) is 4.79 Å². The number of pyridine rings is 1. The van der Waals surface area contributed by atoms with Gasteiger partial charge in [-0.15, -0.1) is 0 Å². The van der Waals surface area contributed by atoms with E-state index < -0.39 is 0 Å². The van der Waals surface area contributed by atoms with Gasteiger partial charge in [-0.05, 0) is 50.7 Å². The standard InChI is InChI=1S/C18H21N5O2/c24-18(12-5-8-15(19-10-12)20-13-6-7-13)23-9-1-2-14(23)16-21-17(25-22-16)11-3-4-11/h5,8,10-11,13-14H,1-4,6-7,9H2,(H,19,20). The molecular formula is C18H21N5O2. The van der Waals surface area contributed by atoms with Crippen LogP contribution in [0.2, 0.25) is 0 Å². The molecule has 0 radical (unpaired) electrons. The van der Waals surface area contributed by atoms with E-state index in [-0.39, 0.29) is 11.9 Å². The van der Waals surface area contributed by atoms with Crippen LogP contribution < -0.4 is 5.32 Å². The lowest BCUT2D eigenvalue weighted by atomic mass is 10.2. The molecule has 1 saturated heterocycles. The molecule has 2 aromatic heterocycles. The van der Waals surface area contributed by atoms with Crippen LogP contribution in [0.4, 0.5) is 5.82 Å². The Morgan fingerprint density at radius 1 is 1.20 bits per heavy atom. The second kappa shape index (κ2) is 5.82. The minimum Gasteiger partial charge on any atom is -0.367 e. The van der Waals surface area contributed by atoms with E-state index >= 15 is 0 Å². The average molecular weight is 339 g/mol. The number of aromatic nitrogens is 3. The van der Waals surface area contributed by atoms with Gasteiger partial charge in [0.05, 0.1) is 11.6 Å². The molecule has 0 aromatic carbocycles. The summed E-state index contributed by atoms with van der Waals surface area (Å²) >= 11 is 0. The van der Waals surface area contributed by atoms with Crippen LogP contribution in [0.15, 0.2) is 22.9 Å². The summed E-state index contributed by atoms with van der Waals surface area (Å²) in [5.74, 6) is 2.64. The second-order valence-electron chi connectivity index (χ2n) is 7.27. The highest BCUT2D eigenvalue weighted by Gasteiger charge is 2.36. The minimum atomic E-state index is -0.0898. The number of likely N-dealkylation sites (tertiary alicyclic amines) is 1. The zero-order valence-corrected chi connectivity index (χ0v) is 14.0.